The van der Waals surface area contributed by atoms with E-state index in [2.05, 4.69) is 23.6 Å². The van der Waals surface area contributed by atoms with Crippen molar-refractivity contribution in [2.75, 3.05) is 6.54 Å². The Balaban J connectivity index is 0.00000133. The molecule has 3 rings (SSSR count). The predicted octanol–water partition coefficient (Wildman–Crippen LogP) is 2.53. The normalized spacial score (nSPS) is 25.5. The minimum absolute atomic E-state index is 0. The number of fused-ring (bicyclic) bond motifs is 1. The second kappa shape index (κ2) is 6.25. The van der Waals surface area contributed by atoms with Gasteiger partial charge in [-0.15, -0.1) is 23.7 Å². The third-order valence-electron chi connectivity index (χ3n) is 3.93. The van der Waals surface area contributed by atoms with Crippen LogP contribution in [0.3, 0.4) is 0 Å². The summed E-state index contributed by atoms with van der Waals surface area (Å²) in [6.07, 6.45) is 5.66. The third-order valence-corrected chi connectivity index (χ3v) is 5.17. The Bertz CT molecular complexity index is 439. The second-order valence-corrected chi connectivity index (χ2v) is 6.60. The quantitative estimate of drug-likeness (QED) is 0.881. The number of thiophene rings is 1. The van der Waals surface area contributed by atoms with E-state index in [1.165, 1.54) is 16.9 Å². The van der Waals surface area contributed by atoms with E-state index >= 15 is 0 Å². The Morgan fingerprint density at radius 3 is 3.05 bits per heavy atom. The summed E-state index contributed by atoms with van der Waals surface area (Å²) in [7, 11) is 0. The Hall–Kier alpha value is -0.580. The van der Waals surface area contributed by atoms with Crippen LogP contribution in [0, 0.1) is 0 Å². The van der Waals surface area contributed by atoms with E-state index in [9.17, 15) is 4.79 Å². The lowest BCUT2D eigenvalue weighted by Crippen LogP contribution is -2.46. The van der Waals surface area contributed by atoms with Crippen LogP contribution in [0.4, 0.5) is 0 Å². The van der Waals surface area contributed by atoms with Crippen molar-refractivity contribution in [2.45, 2.75) is 51.1 Å². The first-order valence-corrected chi connectivity index (χ1v) is 7.70. The first-order valence-electron chi connectivity index (χ1n) is 6.88. The smallest absolute Gasteiger partial charge is 0.261 e. The molecule has 1 saturated heterocycles. The van der Waals surface area contributed by atoms with Crippen LogP contribution < -0.4 is 10.6 Å². The highest BCUT2D eigenvalue weighted by molar-refractivity contribution is 7.14. The van der Waals surface area contributed by atoms with E-state index < -0.39 is 0 Å². The number of amides is 1. The van der Waals surface area contributed by atoms with Crippen LogP contribution in [0.2, 0.25) is 0 Å². The molecule has 0 aromatic carbocycles. The zero-order chi connectivity index (χ0) is 12.5. The molecular formula is C14H21ClN2OS. The van der Waals surface area contributed by atoms with Crippen molar-refractivity contribution in [1.29, 1.82) is 0 Å². The molecule has 106 valence electrons. The summed E-state index contributed by atoms with van der Waals surface area (Å²) in [6.45, 7) is 3.19. The summed E-state index contributed by atoms with van der Waals surface area (Å²) in [5.41, 5.74) is 1.41. The fourth-order valence-corrected chi connectivity index (χ4v) is 4.12. The van der Waals surface area contributed by atoms with E-state index in [0.717, 1.165) is 37.1 Å². The van der Waals surface area contributed by atoms with Crippen molar-refractivity contribution in [2.24, 2.45) is 0 Å². The molecule has 1 aliphatic heterocycles. The molecule has 2 unspecified atom stereocenters. The lowest BCUT2D eigenvalue weighted by Gasteiger charge is -2.28. The van der Waals surface area contributed by atoms with Gasteiger partial charge in [0.1, 0.15) is 0 Å². The Labute approximate surface area is 124 Å². The summed E-state index contributed by atoms with van der Waals surface area (Å²) >= 11 is 1.69. The van der Waals surface area contributed by atoms with Crippen molar-refractivity contribution in [3.05, 3.63) is 21.4 Å². The first kappa shape index (κ1) is 14.8. The van der Waals surface area contributed by atoms with Gasteiger partial charge in [0.25, 0.3) is 5.91 Å². The molecule has 5 heteroatoms. The molecular weight excluding hydrogens is 280 g/mol. The maximum Gasteiger partial charge on any atom is 0.261 e. The molecule has 2 aliphatic rings. The number of carbonyl (C=O) groups is 1. The molecule has 1 aromatic rings. The molecule has 2 atom stereocenters. The van der Waals surface area contributed by atoms with Crippen molar-refractivity contribution in [3.8, 4) is 0 Å². The Kier molecular flexibility index (Phi) is 4.87. The molecule has 1 fully saturated rings. The summed E-state index contributed by atoms with van der Waals surface area (Å²) in [5, 5.41) is 6.59. The van der Waals surface area contributed by atoms with Crippen LogP contribution in [0.5, 0.6) is 0 Å². The van der Waals surface area contributed by atoms with Gasteiger partial charge in [0.15, 0.2) is 0 Å². The lowest BCUT2D eigenvalue weighted by atomic mass is 10.0. The molecule has 1 aliphatic carbocycles. The highest BCUT2D eigenvalue weighted by atomic mass is 35.5. The number of hydrogen-bond acceptors (Lipinski definition) is 3. The molecule has 0 bridgehead atoms. The standard InChI is InChI=1S/C14H20N2OS.ClH/c1-9-7-11(5-6-15-9)16-14(17)13-8-10-3-2-4-12(10)18-13;/h8-9,11,15H,2-7H2,1H3,(H,16,17);1H. The van der Waals surface area contributed by atoms with Gasteiger partial charge in [0, 0.05) is 17.0 Å². The number of halogens is 1. The average Bonchev–Trinajstić information content (AvgIpc) is 2.88. The van der Waals surface area contributed by atoms with Crippen molar-refractivity contribution < 1.29 is 4.79 Å². The van der Waals surface area contributed by atoms with Crippen LogP contribution in [-0.4, -0.2) is 24.5 Å². The fourth-order valence-electron chi connectivity index (χ4n) is 2.96. The van der Waals surface area contributed by atoms with Crippen LogP contribution in [0.1, 0.15) is 46.3 Å². The van der Waals surface area contributed by atoms with Crippen molar-refractivity contribution in [1.82, 2.24) is 10.6 Å². The van der Waals surface area contributed by atoms with Gasteiger partial charge in [-0.2, -0.15) is 0 Å². The van der Waals surface area contributed by atoms with E-state index in [1.807, 2.05) is 0 Å². The van der Waals surface area contributed by atoms with E-state index in [1.54, 1.807) is 11.3 Å². The van der Waals surface area contributed by atoms with Gasteiger partial charge in [-0.1, -0.05) is 0 Å². The molecule has 0 radical (unpaired) electrons. The monoisotopic (exact) mass is 300 g/mol. The Morgan fingerprint density at radius 1 is 1.47 bits per heavy atom. The maximum absolute atomic E-state index is 12.2. The van der Waals surface area contributed by atoms with Crippen molar-refractivity contribution in [3.63, 3.8) is 0 Å². The summed E-state index contributed by atoms with van der Waals surface area (Å²) in [4.78, 5) is 14.5. The van der Waals surface area contributed by atoms with E-state index in [-0.39, 0.29) is 18.3 Å². The lowest BCUT2D eigenvalue weighted by molar-refractivity contribution is 0.0930. The minimum atomic E-state index is 0. The minimum Gasteiger partial charge on any atom is -0.349 e. The van der Waals surface area contributed by atoms with Crippen LogP contribution in [0.25, 0.3) is 0 Å². The predicted molar refractivity (Wildman–Crippen MR) is 81.5 cm³/mol. The zero-order valence-electron chi connectivity index (χ0n) is 11.2. The number of piperidine rings is 1. The second-order valence-electron chi connectivity index (χ2n) is 5.46. The first-order chi connectivity index (χ1) is 8.72. The third kappa shape index (κ3) is 3.30. The average molecular weight is 301 g/mol. The molecule has 0 saturated carbocycles. The van der Waals surface area contributed by atoms with Gasteiger partial charge in [-0.25, -0.2) is 0 Å². The summed E-state index contributed by atoms with van der Waals surface area (Å²) in [5.74, 6) is 0.133. The van der Waals surface area contributed by atoms with E-state index in [0.29, 0.717) is 12.1 Å². The highest BCUT2D eigenvalue weighted by Gasteiger charge is 2.23. The summed E-state index contributed by atoms with van der Waals surface area (Å²) < 4.78 is 0. The van der Waals surface area contributed by atoms with Crippen LogP contribution in [0.15, 0.2) is 6.07 Å². The van der Waals surface area contributed by atoms with Crippen molar-refractivity contribution >= 4 is 29.7 Å². The number of hydrogen-bond donors (Lipinski definition) is 2. The number of aryl methyl sites for hydroxylation is 2. The number of rotatable bonds is 2. The molecule has 3 nitrogen and oxygen atoms in total. The van der Waals surface area contributed by atoms with E-state index in [4.69, 9.17) is 0 Å². The topological polar surface area (TPSA) is 41.1 Å². The van der Waals surface area contributed by atoms with Gasteiger partial charge >= 0.3 is 0 Å². The Morgan fingerprint density at radius 2 is 2.32 bits per heavy atom. The zero-order valence-corrected chi connectivity index (χ0v) is 12.8. The van der Waals surface area contributed by atoms with Gasteiger partial charge in [-0.05, 0) is 57.2 Å². The SMILES string of the molecule is CC1CC(NC(=O)c2cc3c(s2)CCC3)CCN1.Cl. The maximum atomic E-state index is 12.2. The number of nitrogens with one attached hydrogen (secondary N) is 2. The van der Waals surface area contributed by atoms with Gasteiger partial charge in [0.2, 0.25) is 0 Å². The molecule has 19 heavy (non-hydrogen) atoms. The molecule has 2 heterocycles. The van der Waals surface area contributed by atoms with Gasteiger partial charge < -0.3 is 10.6 Å². The molecule has 1 aromatic heterocycles. The molecule has 0 spiro atoms. The fraction of sp³-hybridized carbons (Fsp3) is 0.643. The molecule has 2 N–H and O–H groups in total. The largest absolute Gasteiger partial charge is 0.349 e. The van der Waals surface area contributed by atoms with Gasteiger partial charge in [0.05, 0.1) is 4.88 Å². The van der Waals surface area contributed by atoms with Crippen LogP contribution in [-0.2, 0) is 12.8 Å². The van der Waals surface area contributed by atoms with Gasteiger partial charge in [-0.3, -0.25) is 4.79 Å². The highest BCUT2D eigenvalue weighted by Crippen LogP contribution is 2.30. The van der Waals surface area contributed by atoms with Crippen LogP contribution >= 0.6 is 23.7 Å². The number of carbonyl (C=O) groups excluding carboxylic acids is 1. The molecule has 1 amide bonds. The summed E-state index contributed by atoms with van der Waals surface area (Å²) in [6, 6.07) is 2.95.